The van der Waals surface area contributed by atoms with Crippen molar-refractivity contribution >= 4 is 0 Å². The van der Waals surface area contributed by atoms with E-state index in [1.54, 1.807) is 0 Å². The minimum absolute atomic E-state index is 0.365. The van der Waals surface area contributed by atoms with Crippen LogP contribution in [0.5, 0.6) is 0 Å². The molecule has 2 aliphatic rings. The zero-order valence-corrected chi connectivity index (χ0v) is 9.45. The summed E-state index contributed by atoms with van der Waals surface area (Å²) in [7, 11) is 0. The summed E-state index contributed by atoms with van der Waals surface area (Å²) >= 11 is 0. The minimum atomic E-state index is -0.522. The predicted octanol–water partition coefficient (Wildman–Crippen LogP) is 1.44. The molecule has 0 bridgehead atoms. The largest absolute Gasteiger partial charge is 0.387 e. The molecule has 2 saturated carbocycles. The molecule has 0 heterocycles. The van der Waals surface area contributed by atoms with Gasteiger partial charge in [0.25, 0.3) is 0 Å². The van der Waals surface area contributed by atoms with Gasteiger partial charge in [0.05, 0.1) is 18.3 Å². The molecule has 0 radical (unpaired) electrons. The van der Waals surface area contributed by atoms with Crippen molar-refractivity contribution in [2.45, 2.75) is 56.7 Å². The van der Waals surface area contributed by atoms with Crippen LogP contribution in [0.1, 0.15) is 44.9 Å². The summed E-state index contributed by atoms with van der Waals surface area (Å²) in [5.74, 6) is 0.663. The first-order valence-corrected chi connectivity index (χ1v) is 6.26. The Hall–Kier alpha value is -0.120. The minimum Gasteiger partial charge on any atom is -0.387 e. The molecular weight excluding hydrogens is 190 g/mol. The molecule has 0 atom stereocenters. The second kappa shape index (κ2) is 4.81. The maximum atomic E-state index is 10.2. The van der Waals surface area contributed by atoms with Crippen LogP contribution >= 0.6 is 0 Å². The zero-order chi connectivity index (χ0) is 10.7. The Morgan fingerprint density at radius 2 is 1.87 bits per heavy atom. The fraction of sp³-hybridized carbons (Fsp3) is 1.00. The van der Waals surface area contributed by atoms with Gasteiger partial charge in [-0.1, -0.05) is 19.3 Å². The van der Waals surface area contributed by atoms with Crippen molar-refractivity contribution in [3.8, 4) is 0 Å². The van der Waals surface area contributed by atoms with Gasteiger partial charge in [-0.15, -0.1) is 0 Å². The molecule has 2 rings (SSSR count). The lowest BCUT2D eigenvalue weighted by Gasteiger charge is -2.38. The topological polar surface area (TPSA) is 55.5 Å². The molecule has 0 saturated heterocycles. The number of ether oxygens (including phenoxy) is 1. The van der Waals surface area contributed by atoms with E-state index < -0.39 is 5.60 Å². The molecule has 0 aromatic carbocycles. The molecule has 0 amide bonds. The Labute approximate surface area is 92.0 Å². The Kier molecular flexibility index (Phi) is 3.65. The Balaban J connectivity index is 1.65. The van der Waals surface area contributed by atoms with Gasteiger partial charge in [-0.3, -0.25) is 0 Å². The number of hydrogen-bond donors (Lipinski definition) is 2. The molecule has 0 aromatic rings. The average Bonchev–Trinajstić information content (AvgIpc) is 2.17. The Bertz CT molecular complexity index is 196. The van der Waals surface area contributed by atoms with Crippen molar-refractivity contribution in [3.05, 3.63) is 0 Å². The molecule has 0 spiro atoms. The number of rotatable bonds is 4. The smallest absolute Gasteiger partial charge is 0.0880 e. The maximum absolute atomic E-state index is 10.2. The zero-order valence-electron chi connectivity index (χ0n) is 9.45. The molecule has 0 aromatic heterocycles. The number of nitrogens with two attached hydrogens (primary N) is 1. The van der Waals surface area contributed by atoms with Crippen LogP contribution in [0.2, 0.25) is 0 Å². The summed E-state index contributed by atoms with van der Waals surface area (Å²) in [4.78, 5) is 0. The standard InChI is InChI=1S/C12H23NO2/c13-8-10-6-11(7-10)15-9-12(14)4-2-1-3-5-12/h10-11,14H,1-9,13H2. The third kappa shape index (κ3) is 2.92. The van der Waals surface area contributed by atoms with Crippen molar-refractivity contribution in [3.63, 3.8) is 0 Å². The molecule has 3 heteroatoms. The van der Waals surface area contributed by atoms with Gasteiger partial charge in [0.1, 0.15) is 0 Å². The van der Waals surface area contributed by atoms with Gasteiger partial charge in [-0.25, -0.2) is 0 Å². The summed E-state index contributed by atoms with van der Waals surface area (Å²) < 4.78 is 5.75. The van der Waals surface area contributed by atoms with E-state index >= 15 is 0 Å². The van der Waals surface area contributed by atoms with Crippen LogP contribution < -0.4 is 5.73 Å². The van der Waals surface area contributed by atoms with Gasteiger partial charge in [0.2, 0.25) is 0 Å². The van der Waals surface area contributed by atoms with E-state index in [2.05, 4.69) is 0 Å². The summed E-state index contributed by atoms with van der Waals surface area (Å²) in [6.07, 6.45) is 7.94. The van der Waals surface area contributed by atoms with Crippen LogP contribution in [0, 0.1) is 5.92 Å². The second-order valence-electron chi connectivity index (χ2n) is 5.29. The molecule has 3 nitrogen and oxygen atoms in total. The third-order valence-corrected chi connectivity index (χ3v) is 3.90. The van der Waals surface area contributed by atoms with Crippen LogP contribution in [-0.4, -0.2) is 30.0 Å². The van der Waals surface area contributed by atoms with E-state index in [0.717, 1.165) is 45.1 Å². The number of aliphatic hydroxyl groups is 1. The lowest BCUT2D eigenvalue weighted by Crippen LogP contribution is -2.42. The Morgan fingerprint density at radius 1 is 1.20 bits per heavy atom. The highest BCUT2D eigenvalue weighted by molar-refractivity contribution is 4.85. The lowest BCUT2D eigenvalue weighted by atomic mass is 9.81. The van der Waals surface area contributed by atoms with Crippen molar-refractivity contribution in [2.75, 3.05) is 13.2 Å². The first kappa shape index (κ1) is 11.4. The summed E-state index contributed by atoms with van der Waals surface area (Å²) in [5.41, 5.74) is 5.03. The van der Waals surface area contributed by atoms with Gasteiger partial charge in [-0.05, 0) is 38.1 Å². The van der Waals surface area contributed by atoms with E-state index in [1.165, 1.54) is 6.42 Å². The molecule has 2 fully saturated rings. The highest BCUT2D eigenvalue weighted by Crippen LogP contribution is 2.33. The highest BCUT2D eigenvalue weighted by atomic mass is 16.5. The van der Waals surface area contributed by atoms with Gasteiger partial charge in [-0.2, -0.15) is 0 Å². The molecule has 15 heavy (non-hydrogen) atoms. The van der Waals surface area contributed by atoms with Gasteiger partial charge >= 0.3 is 0 Å². The van der Waals surface area contributed by atoms with Crippen molar-refractivity contribution in [2.24, 2.45) is 11.7 Å². The number of hydrogen-bond acceptors (Lipinski definition) is 3. The average molecular weight is 213 g/mol. The highest BCUT2D eigenvalue weighted by Gasteiger charge is 2.34. The van der Waals surface area contributed by atoms with Crippen LogP contribution in [0.4, 0.5) is 0 Å². The third-order valence-electron chi connectivity index (χ3n) is 3.90. The second-order valence-corrected chi connectivity index (χ2v) is 5.29. The summed E-state index contributed by atoms with van der Waals surface area (Å²) in [5, 5.41) is 10.2. The lowest BCUT2D eigenvalue weighted by molar-refractivity contribution is -0.117. The Morgan fingerprint density at radius 3 is 2.47 bits per heavy atom. The van der Waals surface area contributed by atoms with E-state index in [1.807, 2.05) is 0 Å². The first-order valence-electron chi connectivity index (χ1n) is 6.26. The summed E-state index contributed by atoms with van der Waals surface area (Å²) in [6, 6.07) is 0. The van der Waals surface area contributed by atoms with E-state index in [9.17, 15) is 5.11 Å². The maximum Gasteiger partial charge on any atom is 0.0880 e. The van der Waals surface area contributed by atoms with Crippen LogP contribution in [0.25, 0.3) is 0 Å². The van der Waals surface area contributed by atoms with Crippen molar-refractivity contribution < 1.29 is 9.84 Å². The van der Waals surface area contributed by atoms with E-state index in [0.29, 0.717) is 18.6 Å². The SMILES string of the molecule is NCC1CC(OCC2(O)CCCCC2)C1. The fourth-order valence-corrected chi connectivity index (χ4v) is 2.63. The van der Waals surface area contributed by atoms with Crippen LogP contribution in [0.15, 0.2) is 0 Å². The van der Waals surface area contributed by atoms with Gasteiger partial charge in [0.15, 0.2) is 0 Å². The van der Waals surface area contributed by atoms with Crippen molar-refractivity contribution in [1.29, 1.82) is 0 Å². The molecule has 0 aliphatic heterocycles. The van der Waals surface area contributed by atoms with Gasteiger partial charge in [0, 0.05) is 0 Å². The quantitative estimate of drug-likeness (QED) is 0.743. The van der Waals surface area contributed by atoms with E-state index in [4.69, 9.17) is 10.5 Å². The molecule has 2 aliphatic carbocycles. The van der Waals surface area contributed by atoms with Crippen LogP contribution in [0.3, 0.4) is 0 Å². The molecule has 0 unspecified atom stereocenters. The van der Waals surface area contributed by atoms with E-state index in [-0.39, 0.29) is 0 Å². The first-order chi connectivity index (χ1) is 7.22. The fourth-order valence-electron chi connectivity index (χ4n) is 2.63. The molecule has 88 valence electrons. The monoisotopic (exact) mass is 213 g/mol. The predicted molar refractivity (Wildman–Crippen MR) is 59.6 cm³/mol. The molecular formula is C12H23NO2. The van der Waals surface area contributed by atoms with Gasteiger partial charge < -0.3 is 15.6 Å². The molecule has 3 N–H and O–H groups in total. The van der Waals surface area contributed by atoms with Crippen molar-refractivity contribution in [1.82, 2.24) is 0 Å². The summed E-state index contributed by atoms with van der Waals surface area (Å²) in [6.45, 7) is 1.32. The van der Waals surface area contributed by atoms with Crippen LogP contribution in [-0.2, 0) is 4.74 Å². The normalized spacial score (nSPS) is 34.8.